The van der Waals surface area contributed by atoms with Gasteiger partial charge < -0.3 is 30.1 Å². The number of rotatable bonds is 8. The van der Waals surface area contributed by atoms with E-state index in [0.717, 1.165) is 60.2 Å². The highest BCUT2D eigenvalue weighted by atomic mass is 16.5. The van der Waals surface area contributed by atoms with Crippen molar-refractivity contribution in [3.8, 4) is 0 Å². The highest BCUT2D eigenvalue weighted by molar-refractivity contribution is 5.81. The van der Waals surface area contributed by atoms with Gasteiger partial charge in [0, 0.05) is 76.6 Å². The van der Waals surface area contributed by atoms with Gasteiger partial charge in [0.1, 0.15) is 17.5 Å². The van der Waals surface area contributed by atoms with E-state index < -0.39 is 0 Å². The number of methoxy groups -OCH3 is 1. The molecule has 12 heteroatoms. The molecule has 0 aromatic carbocycles. The molecule has 2 amide bonds. The summed E-state index contributed by atoms with van der Waals surface area (Å²) >= 11 is 0. The lowest BCUT2D eigenvalue weighted by molar-refractivity contribution is 0.177. The van der Waals surface area contributed by atoms with Crippen molar-refractivity contribution in [3.05, 3.63) is 24.5 Å². The van der Waals surface area contributed by atoms with Gasteiger partial charge in [0.15, 0.2) is 0 Å². The number of fused-ring (bicyclic) bond motifs is 1. The molecule has 0 unspecified atom stereocenters. The summed E-state index contributed by atoms with van der Waals surface area (Å²) in [6.45, 7) is 5.62. The first-order chi connectivity index (χ1) is 19.2. The molecule has 1 saturated carbocycles. The molecule has 2 N–H and O–H groups in total. The third kappa shape index (κ3) is 5.70. The number of hydrogen-bond donors (Lipinski definition) is 2. The molecule has 12 nitrogen and oxygen atoms in total. The van der Waals surface area contributed by atoms with Crippen LogP contribution in [0.1, 0.15) is 44.6 Å². The van der Waals surface area contributed by atoms with E-state index >= 15 is 0 Å². The number of carbonyl (C=O) groups is 1. The van der Waals surface area contributed by atoms with Crippen LogP contribution in [0, 0.1) is 0 Å². The van der Waals surface area contributed by atoms with Gasteiger partial charge in [0.2, 0.25) is 5.95 Å². The predicted molar refractivity (Wildman–Crippen MR) is 151 cm³/mol. The molecule has 3 aliphatic rings. The standard InChI is InChI=1S/C27H38N10O2/c1-39-15-8-28-27(38)36-13-11-34(12-14-36)25-17-24(32-26(33-25)35-9-4-5-10-35)31-23-16-22-20(18-29-23)19-30-37(22)21-6-2-3-7-21/h16-19,21H,2-15H2,1H3,(H,28,38)(H,29,31,32,33). The number of urea groups is 1. The van der Waals surface area contributed by atoms with Crippen molar-refractivity contribution in [2.75, 3.05) is 74.6 Å². The second-order valence-corrected chi connectivity index (χ2v) is 10.6. The lowest BCUT2D eigenvalue weighted by atomic mass is 10.2. The van der Waals surface area contributed by atoms with E-state index in [4.69, 9.17) is 14.7 Å². The number of ether oxygens (including phenoxy) is 1. The topological polar surface area (TPSA) is 117 Å². The average molecular weight is 535 g/mol. The van der Waals surface area contributed by atoms with Gasteiger partial charge in [-0.05, 0) is 25.7 Å². The molecule has 0 atom stereocenters. The van der Waals surface area contributed by atoms with Gasteiger partial charge in [-0.1, -0.05) is 12.8 Å². The Morgan fingerprint density at radius 2 is 1.74 bits per heavy atom. The molecule has 0 radical (unpaired) electrons. The Morgan fingerprint density at radius 1 is 0.949 bits per heavy atom. The quantitative estimate of drug-likeness (QED) is 0.420. The minimum absolute atomic E-state index is 0.0483. The normalized spacial score (nSPS) is 18.3. The SMILES string of the molecule is COCCNC(=O)N1CCN(c2cc(Nc3cc4c(cn3)cnn4C3CCCC3)nc(N3CCCC3)n2)CC1. The lowest BCUT2D eigenvalue weighted by Crippen LogP contribution is -2.52. The summed E-state index contributed by atoms with van der Waals surface area (Å²) in [5.41, 5.74) is 1.10. The molecule has 3 aromatic rings. The molecule has 1 aliphatic carbocycles. The fourth-order valence-corrected chi connectivity index (χ4v) is 5.80. The van der Waals surface area contributed by atoms with Crippen molar-refractivity contribution in [1.29, 1.82) is 0 Å². The van der Waals surface area contributed by atoms with Gasteiger partial charge in [-0.2, -0.15) is 15.1 Å². The molecule has 3 fully saturated rings. The van der Waals surface area contributed by atoms with Crippen molar-refractivity contribution in [3.63, 3.8) is 0 Å². The monoisotopic (exact) mass is 534 g/mol. The molecular weight excluding hydrogens is 496 g/mol. The van der Waals surface area contributed by atoms with Crippen molar-refractivity contribution in [1.82, 2.24) is 34.9 Å². The molecule has 2 aliphatic heterocycles. The summed E-state index contributed by atoms with van der Waals surface area (Å²) in [4.78, 5) is 33.3. The first kappa shape index (κ1) is 25.6. The molecule has 0 bridgehead atoms. The van der Waals surface area contributed by atoms with Crippen LogP contribution in [0.4, 0.5) is 28.2 Å². The maximum absolute atomic E-state index is 12.5. The van der Waals surface area contributed by atoms with Crippen LogP contribution >= 0.6 is 0 Å². The van der Waals surface area contributed by atoms with Crippen LogP contribution < -0.4 is 20.4 Å². The van der Waals surface area contributed by atoms with Gasteiger partial charge in [-0.25, -0.2) is 9.78 Å². The van der Waals surface area contributed by atoms with Crippen molar-refractivity contribution >= 4 is 40.3 Å². The lowest BCUT2D eigenvalue weighted by Gasteiger charge is -2.35. The molecule has 6 rings (SSSR count). The number of hydrogen-bond acceptors (Lipinski definition) is 9. The van der Waals surface area contributed by atoms with Gasteiger partial charge in [-0.3, -0.25) is 4.68 Å². The third-order valence-electron chi connectivity index (χ3n) is 7.97. The minimum atomic E-state index is -0.0483. The highest BCUT2D eigenvalue weighted by Gasteiger charge is 2.25. The number of pyridine rings is 1. The van der Waals surface area contributed by atoms with E-state index in [1.807, 2.05) is 23.4 Å². The maximum Gasteiger partial charge on any atom is 0.317 e. The third-order valence-corrected chi connectivity index (χ3v) is 7.97. The predicted octanol–water partition coefficient (Wildman–Crippen LogP) is 3.16. The summed E-state index contributed by atoms with van der Waals surface area (Å²) in [6, 6.07) is 4.49. The number of aromatic nitrogens is 5. The average Bonchev–Trinajstić information content (AvgIpc) is 3.75. The van der Waals surface area contributed by atoms with Crippen LogP contribution in [-0.4, -0.2) is 95.2 Å². The summed E-state index contributed by atoms with van der Waals surface area (Å²) in [6.07, 6.45) is 11.0. The van der Waals surface area contributed by atoms with Crippen LogP contribution in [0.5, 0.6) is 0 Å². The number of carbonyl (C=O) groups excluding carboxylic acids is 1. The Bertz CT molecular complexity index is 1280. The second-order valence-electron chi connectivity index (χ2n) is 10.6. The van der Waals surface area contributed by atoms with Gasteiger partial charge in [0.25, 0.3) is 0 Å². The van der Waals surface area contributed by atoms with E-state index in [2.05, 4.69) is 41.3 Å². The number of nitrogens with one attached hydrogen (secondary N) is 2. The summed E-state index contributed by atoms with van der Waals surface area (Å²) in [5, 5.41) is 12.1. The fourth-order valence-electron chi connectivity index (χ4n) is 5.80. The Labute approximate surface area is 228 Å². The molecule has 0 spiro atoms. The summed E-state index contributed by atoms with van der Waals surface area (Å²) in [7, 11) is 1.63. The molecule has 208 valence electrons. The Balaban J connectivity index is 1.21. The first-order valence-electron chi connectivity index (χ1n) is 14.2. The zero-order chi connectivity index (χ0) is 26.6. The zero-order valence-corrected chi connectivity index (χ0v) is 22.7. The van der Waals surface area contributed by atoms with E-state index in [1.165, 1.54) is 25.7 Å². The second kappa shape index (κ2) is 11.6. The van der Waals surface area contributed by atoms with Crippen LogP contribution in [0.2, 0.25) is 0 Å². The first-order valence-corrected chi connectivity index (χ1v) is 14.2. The van der Waals surface area contributed by atoms with E-state index in [9.17, 15) is 4.79 Å². The van der Waals surface area contributed by atoms with E-state index in [1.54, 1.807) is 7.11 Å². The fraction of sp³-hybridized carbons (Fsp3) is 0.593. The number of anilines is 4. The molecule has 3 aromatic heterocycles. The summed E-state index contributed by atoms with van der Waals surface area (Å²) < 4.78 is 7.20. The number of amides is 2. The number of nitrogens with zero attached hydrogens (tertiary/aromatic N) is 8. The van der Waals surface area contributed by atoms with E-state index in [-0.39, 0.29) is 6.03 Å². The van der Waals surface area contributed by atoms with Gasteiger partial charge >= 0.3 is 6.03 Å². The van der Waals surface area contributed by atoms with Crippen LogP contribution in [0.25, 0.3) is 10.9 Å². The molecule has 2 saturated heterocycles. The summed E-state index contributed by atoms with van der Waals surface area (Å²) in [5.74, 6) is 3.08. The maximum atomic E-state index is 12.5. The van der Waals surface area contributed by atoms with Crippen molar-refractivity contribution in [2.24, 2.45) is 0 Å². The van der Waals surface area contributed by atoms with Crippen molar-refractivity contribution in [2.45, 2.75) is 44.6 Å². The van der Waals surface area contributed by atoms with E-state index in [0.29, 0.717) is 45.4 Å². The molecule has 39 heavy (non-hydrogen) atoms. The Morgan fingerprint density at radius 3 is 2.51 bits per heavy atom. The van der Waals surface area contributed by atoms with Gasteiger partial charge in [-0.15, -0.1) is 0 Å². The highest BCUT2D eigenvalue weighted by Crippen LogP contribution is 2.32. The van der Waals surface area contributed by atoms with Gasteiger partial charge in [0.05, 0.1) is 24.4 Å². The number of piperazine rings is 1. The Hall–Kier alpha value is -3.67. The Kier molecular flexibility index (Phi) is 7.62. The largest absolute Gasteiger partial charge is 0.383 e. The molecule has 5 heterocycles. The molecular formula is C27H38N10O2. The van der Waals surface area contributed by atoms with Crippen LogP contribution in [0.3, 0.4) is 0 Å². The minimum Gasteiger partial charge on any atom is -0.383 e. The smallest absolute Gasteiger partial charge is 0.317 e. The van der Waals surface area contributed by atoms with Crippen LogP contribution in [0.15, 0.2) is 24.5 Å². The zero-order valence-electron chi connectivity index (χ0n) is 22.7. The van der Waals surface area contributed by atoms with Crippen molar-refractivity contribution < 1.29 is 9.53 Å². The van der Waals surface area contributed by atoms with Crippen LogP contribution in [-0.2, 0) is 4.74 Å².